The predicted octanol–water partition coefficient (Wildman–Crippen LogP) is 6.10. The maximum absolute atomic E-state index is 11.5. The van der Waals surface area contributed by atoms with Crippen LogP contribution in [-0.4, -0.2) is 70.7 Å². The van der Waals surface area contributed by atoms with Gasteiger partial charge < -0.3 is 23.9 Å². The Bertz CT molecular complexity index is 1450. The summed E-state index contributed by atoms with van der Waals surface area (Å²) in [5.74, 6) is -1.88. The van der Waals surface area contributed by atoms with Gasteiger partial charge in [0.15, 0.2) is 11.4 Å². The van der Waals surface area contributed by atoms with E-state index in [0.717, 1.165) is 11.1 Å². The SMILES string of the molecule is CO/N=C(/C(=O)OC)c1ccccc1CCl.COC(=O)C(=O)c1ccccc1CCl.CON=C(C(=O)OC)c1ccccc1CCl.Cl. The lowest BCUT2D eigenvalue weighted by molar-refractivity contribution is -0.135. The van der Waals surface area contributed by atoms with Crippen molar-refractivity contribution in [2.75, 3.05) is 35.5 Å². The van der Waals surface area contributed by atoms with Crippen molar-refractivity contribution in [1.82, 2.24) is 0 Å². The molecule has 254 valence electrons. The van der Waals surface area contributed by atoms with E-state index in [2.05, 4.69) is 34.2 Å². The number of nitrogens with zero attached hydrogens (tertiary/aromatic N) is 2. The summed E-state index contributed by atoms with van der Waals surface area (Å²) >= 11 is 17.2. The molecule has 0 spiro atoms. The van der Waals surface area contributed by atoms with Crippen LogP contribution in [-0.2, 0) is 55.9 Å². The molecule has 0 aliphatic carbocycles. The first-order valence-corrected chi connectivity index (χ1v) is 14.7. The summed E-state index contributed by atoms with van der Waals surface area (Å²) in [4.78, 5) is 54.6. The Hall–Kier alpha value is -4.16. The molecule has 0 atom stereocenters. The van der Waals surface area contributed by atoms with Gasteiger partial charge in [-0.05, 0) is 16.7 Å². The van der Waals surface area contributed by atoms with Gasteiger partial charge >= 0.3 is 17.9 Å². The quantitative estimate of drug-likeness (QED) is 0.0435. The fourth-order valence-corrected chi connectivity index (χ4v) is 4.26. The summed E-state index contributed by atoms with van der Waals surface area (Å²) in [5.41, 5.74) is 3.98. The van der Waals surface area contributed by atoms with Gasteiger partial charge in [0.25, 0.3) is 5.78 Å². The highest BCUT2D eigenvalue weighted by Crippen LogP contribution is 2.15. The molecule has 15 heteroatoms. The molecule has 0 amide bonds. The number of hydrogen-bond acceptors (Lipinski definition) is 11. The summed E-state index contributed by atoms with van der Waals surface area (Å²) in [7, 11) is 6.48. The van der Waals surface area contributed by atoms with Crippen molar-refractivity contribution in [2.24, 2.45) is 10.3 Å². The monoisotopic (exact) mass is 730 g/mol. The number of benzene rings is 3. The van der Waals surface area contributed by atoms with Crippen LogP contribution in [0.3, 0.4) is 0 Å². The van der Waals surface area contributed by atoms with Crippen LogP contribution < -0.4 is 0 Å². The molecule has 47 heavy (non-hydrogen) atoms. The van der Waals surface area contributed by atoms with Gasteiger partial charge in [-0.2, -0.15) is 0 Å². The molecule has 0 aliphatic rings. The van der Waals surface area contributed by atoms with E-state index in [-0.39, 0.29) is 41.5 Å². The van der Waals surface area contributed by atoms with Crippen molar-refractivity contribution in [3.05, 3.63) is 106 Å². The number of ether oxygens (including phenoxy) is 3. The normalized spacial score (nSPS) is 10.4. The van der Waals surface area contributed by atoms with Crippen LogP contribution in [0.5, 0.6) is 0 Å². The third-order valence-electron chi connectivity index (χ3n) is 5.73. The molecular formula is C32H34Cl4N2O9. The second-order valence-corrected chi connectivity index (χ2v) is 9.22. The first kappa shape index (κ1) is 42.8. The fraction of sp³-hybridized carbons (Fsp3) is 0.250. The molecule has 11 nitrogen and oxygen atoms in total. The minimum atomic E-state index is -0.873. The maximum atomic E-state index is 11.5. The summed E-state index contributed by atoms with van der Waals surface area (Å²) in [6.45, 7) is 0. The summed E-state index contributed by atoms with van der Waals surface area (Å²) in [6, 6.07) is 21.1. The molecule has 0 bridgehead atoms. The van der Waals surface area contributed by atoms with E-state index in [4.69, 9.17) is 34.8 Å². The summed E-state index contributed by atoms with van der Waals surface area (Å²) in [6.07, 6.45) is 0. The van der Waals surface area contributed by atoms with Gasteiger partial charge in [-0.15, -0.1) is 47.2 Å². The van der Waals surface area contributed by atoms with E-state index in [1.165, 1.54) is 35.5 Å². The van der Waals surface area contributed by atoms with Gasteiger partial charge in [0.2, 0.25) is 0 Å². The zero-order chi connectivity index (χ0) is 34.5. The highest BCUT2D eigenvalue weighted by atomic mass is 35.5. The number of carbonyl (C=O) groups is 4. The number of carbonyl (C=O) groups excluding carboxylic acids is 4. The molecule has 0 aliphatic heterocycles. The average Bonchev–Trinajstić information content (AvgIpc) is 3.11. The van der Waals surface area contributed by atoms with Gasteiger partial charge in [-0.25, -0.2) is 14.4 Å². The van der Waals surface area contributed by atoms with Crippen molar-refractivity contribution in [3.8, 4) is 0 Å². The lowest BCUT2D eigenvalue weighted by atomic mass is 10.0. The number of esters is 3. The largest absolute Gasteiger partial charge is 0.464 e. The minimum absolute atomic E-state index is 0. The Balaban J connectivity index is 0.000000670. The average molecular weight is 732 g/mol. The Morgan fingerprint density at radius 2 is 0.809 bits per heavy atom. The Morgan fingerprint density at radius 3 is 1.11 bits per heavy atom. The Labute approximate surface area is 294 Å². The Morgan fingerprint density at radius 1 is 0.511 bits per heavy atom. The van der Waals surface area contributed by atoms with Crippen LogP contribution >= 0.6 is 47.2 Å². The van der Waals surface area contributed by atoms with Gasteiger partial charge in [0, 0.05) is 34.3 Å². The number of halogens is 4. The van der Waals surface area contributed by atoms with Crippen molar-refractivity contribution >= 4 is 82.3 Å². The molecule has 0 saturated heterocycles. The molecule has 0 radical (unpaired) electrons. The number of methoxy groups -OCH3 is 3. The predicted molar refractivity (Wildman–Crippen MR) is 183 cm³/mol. The molecule has 0 fully saturated rings. The van der Waals surface area contributed by atoms with Crippen LogP contribution in [0, 0.1) is 0 Å². The smallest absolute Gasteiger partial charge is 0.379 e. The first-order chi connectivity index (χ1) is 22.2. The van der Waals surface area contributed by atoms with E-state index < -0.39 is 23.7 Å². The summed E-state index contributed by atoms with van der Waals surface area (Å²) < 4.78 is 13.6. The topological polar surface area (TPSA) is 139 Å². The van der Waals surface area contributed by atoms with Crippen LogP contribution in [0.25, 0.3) is 0 Å². The molecular weight excluding hydrogens is 698 g/mol. The fourth-order valence-electron chi connectivity index (χ4n) is 3.57. The lowest BCUT2D eigenvalue weighted by Gasteiger charge is -2.07. The molecule has 0 unspecified atom stereocenters. The highest BCUT2D eigenvalue weighted by Gasteiger charge is 2.20. The molecule has 0 saturated carbocycles. The number of Topliss-reactive ketones (excluding diaryl/α,β-unsaturated/α-hetero) is 1. The van der Waals surface area contributed by atoms with Crippen LogP contribution in [0.15, 0.2) is 83.1 Å². The van der Waals surface area contributed by atoms with Crippen LogP contribution in [0.2, 0.25) is 0 Å². The van der Waals surface area contributed by atoms with E-state index in [9.17, 15) is 19.2 Å². The van der Waals surface area contributed by atoms with Crippen molar-refractivity contribution in [3.63, 3.8) is 0 Å². The van der Waals surface area contributed by atoms with Gasteiger partial charge in [-0.1, -0.05) is 83.1 Å². The third kappa shape index (κ3) is 13.2. The van der Waals surface area contributed by atoms with E-state index >= 15 is 0 Å². The van der Waals surface area contributed by atoms with Crippen molar-refractivity contribution in [2.45, 2.75) is 17.6 Å². The summed E-state index contributed by atoms with van der Waals surface area (Å²) in [5, 5.41) is 7.31. The van der Waals surface area contributed by atoms with Gasteiger partial charge in [0.05, 0.1) is 21.3 Å². The number of ketones is 1. The zero-order valence-corrected chi connectivity index (χ0v) is 29.2. The number of hydrogen-bond donors (Lipinski definition) is 0. The molecule has 3 rings (SSSR count). The van der Waals surface area contributed by atoms with Crippen LogP contribution in [0.4, 0.5) is 0 Å². The standard InChI is InChI=1S/2C11H12ClNO3.C10H9ClO3.ClH/c2*1-15-11(14)10(13-16-2)9-6-4-3-5-8(9)7-12;1-14-10(13)9(12)8-5-3-2-4-7(8)6-11;/h2*3-6H,7H2,1-2H3;2-5H,6H2,1H3;1H/b13-10+;;;. The number of rotatable bonds is 11. The highest BCUT2D eigenvalue weighted by molar-refractivity contribution is 6.44. The third-order valence-corrected chi connectivity index (χ3v) is 6.60. The first-order valence-electron chi connectivity index (χ1n) is 13.1. The second kappa shape index (κ2) is 24.1. The second-order valence-electron chi connectivity index (χ2n) is 8.42. The van der Waals surface area contributed by atoms with E-state index in [1.807, 2.05) is 24.3 Å². The van der Waals surface area contributed by atoms with Gasteiger partial charge in [0.1, 0.15) is 14.2 Å². The molecule has 0 N–H and O–H groups in total. The van der Waals surface area contributed by atoms with E-state index in [1.54, 1.807) is 48.5 Å². The molecule has 3 aromatic rings. The van der Waals surface area contributed by atoms with Crippen molar-refractivity contribution < 1.29 is 43.1 Å². The van der Waals surface area contributed by atoms with Gasteiger partial charge in [-0.3, -0.25) is 4.79 Å². The van der Waals surface area contributed by atoms with E-state index in [0.29, 0.717) is 22.3 Å². The van der Waals surface area contributed by atoms with Crippen LogP contribution in [0.1, 0.15) is 38.2 Å². The van der Waals surface area contributed by atoms with Crippen molar-refractivity contribution in [1.29, 1.82) is 0 Å². The molecule has 0 heterocycles. The minimum Gasteiger partial charge on any atom is -0.464 e. The Kier molecular flexibility index (Phi) is 21.9. The lowest BCUT2D eigenvalue weighted by Crippen LogP contribution is -2.19. The number of alkyl halides is 3. The molecule has 3 aromatic carbocycles. The number of oxime groups is 2. The zero-order valence-electron chi connectivity index (χ0n) is 26.2. The maximum Gasteiger partial charge on any atom is 0.379 e. The molecule has 0 aromatic heterocycles.